The number of halogens is 2. The minimum atomic E-state index is -4.06. The number of amides is 1. The van der Waals surface area contributed by atoms with Crippen molar-refractivity contribution in [3.05, 3.63) is 52.8 Å². The van der Waals surface area contributed by atoms with E-state index < -0.39 is 21.7 Å². The van der Waals surface area contributed by atoms with Crippen molar-refractivity contribution in [2.24, 2.45) is 0 Å². The van der Waals surface area contributed by atoms with E-state index in [1.807, 2.05) is 4.90 Å². The molecule has 1 heterocycles. The lowest BCUT2D eigenvalue weighted by atomic mass is 10.2. The molecule has 156 valence electrons. The highest BCUT2D eigenvalue weighted by Crippen LogP contribution is 2.32. The molecule has 10 heteroatoms. The summed E-state index contributed by atoms with van der Waals surface area (Å²) in [5.74, 6) is -1.22. The van der Waals surface area contributed by atoms with Crippen molar-refractivity contribution < 1.29 is 22.4 Å². The summed E-state index contributed by atoms with van der Waals surface area (Å²) < 4.78 is 40.2. The highest BCUT2D eigenvalue weighted by Gasteiger charge is 2.26. The maximum absolute atomic E-state index is 14.5. The predicted octanol–water partition coefficient (Wildman–Crippen LogP) is 3.51. The number of carbonyl (C=O) groups is 1. The number of para-hydroxylation sites is 1. The Kier molecular flexibility index (Phi) is 6.42. The fraction of sp³-hybridized carbons (Fsp3) is 0.316. The fourth-order valence-electron chi connectivity index (χ4n) is 3.12. The molecule has 7 nitrogen and oxygen atoms in total. The number of hydrogen-bond donors (Lipinski definition) is 1. The van der Waals surface area contributed by atoms with Crippen LogP contribution in [0.3, 0.4) is 0 Å². The lowest BCUT2D eigenvalue weighted by Crippen LogP contribution is -2.26. The zero-order chi connectivity index (χ0) is 21.2. The van der Waals surface area contributed by atoms with Gasteiger partial charge in [-0.15, -0.1) is 0 Å². The monoisotopic (exact) mass is 441 g/mol. The van der Waals surface area contributed by atoms with Gasteiger partial charge in [0.15, 0.2) is 0 Å². The number of rotatable bonds is 6. The molecule has 0 atom stereocenters. The Bertz CT molecular complexity index is 1030. The van der Waals surface area contributed by atoms with Gasteiger partial charge in [0.1, 0.15) is 16.4 Å². The fourth-order valence-corrected chi connectivity index (χ4v) is 4.60. The molecular formula is C19H21ClFN3O4S. The first kappa shape index (κ1) is 21.5. The van der Waals surface area contributed by atoms with Crippen LogP contribution in [0.2, 0.25) is 5.02 Å². The van der Waals surface area contributed by atoms with E-state index in [-0.39, 0.29) is 21.2 Å². The number of hydroxylamine groups is 1. The summed E-state index contributed by atoms with van der Waals surface area (Å²) >= 11 is 6.02. The number of sulfonamides is 1. The molecule has 1 aliphatic rings. The van der Waals surface area contributed by atoms with Crippen LogP contribution in [0.1, 0.15) is 23.2 Å². The van der Waals surface area contributed by atoms with Crippen molar-refractivity contribution in [1.82, 2.24) is 4.47 Å². The molecule has 1 aliphatic heterocycles. The second kappa shape index (κ2) is 8.66. The van der Waals surface area contributed by atoms with Crippen LogP contribution in [-0.4, -0.2) is 46.0 Å². The number of benzene rings is 2. The number of nitrogens with zero attached hydrogens (tertiary/aromatic N) is 2. The van der Waals surface area contributed by atoms with Crippen molar-refractivity contribution in [2.45, 2.75) is 17.7 Å². The highest BCUT2D eigenvalue weighted by atomic mass is 35.5. The average Bonchev–Trinajstić information content (AvgIpc) is 3.23. The van der Waals surface area contributed by atoms with Crippen LogP contribution in [-0.2, 0) is 14.9 Å². The van der Waals surface area contributed by atoms with E-state index in [0.717, 1.165) is 32.0 Å². The highest BCUT2D eigenvalue weighted by molar-refractivity contribution is 7.89. The summed E-state index contributed by atoms with van der Waals surface area (Å²) in [7, 11) is -1.66. The summed E-state index contributed by atoms with van der Waals surface area (Å²) in [6.45, 7) is 1.55. The Balaban J connectivity index is 1.94. The summed E-state index contributed by atoms with van der Waals surface area (Å²) in [5, 5.41) is 2.51. The Labute approximate surface area is 174 Å². The molecule has 1 amide bonds. The van der Waals surface area contributed by atoms with Crippen molar-refractivity contribution in [2.75, 3.05) is 37.5 Å². The van der Waals surface area contributed by atoms with Crippen LogP contribution in [0.4, 0.5) is 15.8 Å². The van der Waals surface area contributed by atoms with E-state index in [4.69, 9.17) is 16.4 Å². The minimum Gasteiger partial charge on any atom is -0.370 e. The summed E-state index contributed by atoms with van der Waals surface area (Å²) in [4.78, 5) is 19.2. The van der Waals surface area contributed by atoms with Gasteiger partial charge in [-0.1, -0.05) is 22.1 Å². The van der Waals surface area contributed by atoms with Crippen LogP contribution in [0.15, 0.2) is 41.3 Å². The second-order valence-electron chi connectivity index (χ2n) is 6.52. The van der Waals surface area contributed by atoms with Gasteiger partial charge >= 0.3 is 0 Å². The summed E-state index contributed by atoms with van der Waals surface area (Å²) in [6, 6.07) is 8.41. The van der Waals surface area contributed by atoms with E-state index in [9.17, 15) is 17.6 Å². The molecule has 0 bridgehead atoms. The van der Waals surface area contributed by atoms with E-state index in [1.165, 1.54) is 32.4 Å². The first-order valence-corrected chi connectivity index (χ1v) is 10.7. The van der Waals surface area contributed by atoms with Gasteiger partial charge in [0.25, 0.3) is 15.9 Å². The Hall–Kier alpha value is -2.20. The number of hydrogen-bond acceptors (Lipinski definition) is 5. The molecule has 0 saturated carbocycles. The molecule has 0 aromatic heterocycles. The van der Waals surface area contributed by atoms with Gasteiger partial charge in [-0.2, -0.15) is 0 Å². The maximum atomic E-state index is 14.5. The first-order chi connectivity index (χ1) is 13.8. The molecule has 1 fully saturated rings. The van der Waals surface area contributed by atoms with Crippen molar-refractivity contribution >= 4 is 38.9 Å². The minimum absolute atomic E-state index is 0.0214. The molecular weight excluding hydrogens is 421 g/mol. The van der Waals surface area contributed by atoms with E-state index in [0.29, 0.717) is 10.2 Å². The number of carbonyl (C=O) groups excluding carboxylic acids is 1. The first-order valence-electron chi connectivity index (χ1n) is 8.93. The zero-order valence-corrected chi connectivity index (χ0v) is 17.6. The van der Waals surface area contributed by atoms with Gasteiger partial charge in [-0.3, -0.25) is 9.63 Å². The molecule has 0 aliphatic carbocycles. The Morgan fingerprint density at radius 1 is 1.24 bits per heavy atom. The van der Waals surface area contributed by atoms with Gasteiger partial charge in [0.05, 0.1) is 17.8 Å². The van der Waals surface area contributed by atoms with Crippen LogP contribution in [0.25, 0.3) is 0 Å². The SMILES string of the molecule is CON(C)S(=O)(=O)c1cc(C(=O)Nc2c(F)cccc2N2CCCC2)ccc1Cl. The van der Waals surface area contributed by atoms with Crippen molar-refractivity contribution in [3.8, 4) is 0 Å². The van der Waals surface area contributed by atoms with E-state index >= 15 is 0 Å². The lowest BCUT2D eigenvalue weighted by molar-refractivity contribution is -0.0258. The van der Waals surface area contributed by atoms with Gasteiger partial charge in [0.2, 0.25) is 0 Å². The largest absolute Gasteiger partial charge is 0.370 e. The second-order valence-corrected chi connectivity index (χ2v) is 8.84. The quantitative estimate of drug-likeness (QED) is 0.694. The van der Waals surface area contributed by atoms with Gasteiger partial charge < -0.3 is 10.2 Å². The number of anilines is 2. The van der Waals surface area contributed by atoms with Crippen LogP contribution >= 0.6 is 11.6 Å². The zero-order valence-electron chi connectivity index (χ0n) is 16.0. The average molecular weight is 442 g/mol. The summed E-state index contributed by atoms with van der Waals surface area (Å²) in [5.41, 5.74) is 0.678. The molecule has 2 aromatic carbocycles. The predicted molar refractivity (Wildman–Crippen MR) is 109 cm³/mol. The maximum Gasteiger partial charge on any atom is 0.266 e. The lowest BCUT2D eigenvalue weighted by Gasteiger charge is -2.22. The van der Waals surface area contributed by atoms with Gasteiger partial charge in [0, 0.05) is 25.7 Å². The molecule has 3 rings (SSSR count). The topological polar surface area (TPSA) is 78.9 Å². The van der Waals surface area contributed by atoms with Crippen molar-refractivity contribution in [3.63, 3.8) is 0 Å². The third-order valence-electron chi connectivity index (χ3n) is 4.74. The molecule has 0 radical (unpaired) electrons. The Morgan fingerprint density at radius 3 is 2.59 bits per heavy atom. The van der Waals surface area contributed by atoms with Crippen LogP contribution in [0.5, 0.6) is 0 Å². The van der Waals surface area contributed by atoms with Gasteiger partial charge in [-0.05, 0) is 43.2 Å². The van der Waals surface area contributed by atoms with Crippen LogP contribution < -0.4 is 10.2 Å². The molecule has 29 heavy (non-hydrogen) atoms. The molecule has 0 unspecified atom stereocenters. The normalized spacial score (nSPS) is 14.4. The van der Waals surface area contributed by atoms with Crippen molar-refractivity contribution in [1.29, 1.82) is 0 Å². The third kappa shape index (κ3) is 4.37. The number of nitrogens with one attached hydrogen (secondary N) is 1. The smallest absolute Gasteiger partial charge is 0.266 e. The van der Waals surface area contributed by atoms with Gasteiger partial charge in [-0.25, -0.2) is 12.8 Å². The van der Waals surface area contributed by atoms with E-state index in [2.05, 4.69) is 5.32 Å². The standard InChI is InChI=1S/C19H21ClFN3O4S/c1-23(28-2)29(26,27)17-12-13(8-9-14(17)20)19(25)22-18-15(21)6-5-7-16(18)24-10-3-4-11-24/h5-9,12H,3-4,10-11H2,1-2H3,(H,22,25). The molecule has 2 aromatic rings. The molecule has 1 saturated heterocycles. The molecule has 1 N–H and O–H groups in total. The van der Waals surface area contributed by atoms with Crippen LogP contribution in [0, 0.1) is 5.82 Å². The Morgan fingerprint density at radius 2 is 1.93 bits per heavy atom. The molecule has 0 spiro atoms. The third-order valence-corrected chi connectivity index (χ3v) is 6.91. The van der Waals surface area contributed by atoms with E-state index in [1.54, 1.807) is 12.1 Å². The summed E-state index contributed by atoms with van der Waals surface area (Å²) in [6.07, 6.45) is 1.99.